The topological polar surface area (TPSA) is 88.2 Å². The van der Waals surface area contributed by atoms with E-state index in [0.717, 1.165) is 22.0 Å². The number of hydrogen-bond donors (Lipinski definition) is 1. The molecule has 2 aromatic carbocycles. The molecule has 184 valence electrons. The first kappa shape index (κ1) is 24.7. The van der Waals surface area contributed by atoms with Gasteiger partial charge in [0.15, 0.2) is 0 Å². The Kier molecular flexibility index (Phi) is 7.89. The summed E-state index contributed by atoms with van der Waals surface area (Å²) in [6, 6.07) is 9.16. The van der Waals surface area contributed by atoms with Gasteiger partial charge in [0.25, 0.3) is 5.91 Å². The minimum absolute atomic E-state index is 0.0352. The van der Waals surface area contributed by atoms with Crippen molar-refractivity contribution >= 4 is 15.9 Å². The maximum Gasteiger partial charge on any atom is 0.251 e. The molecule has 0 saturated carbocycles. The molecule has 2 heterocycles. The van der Waals surface area contributed by atoms with Crippen molar-refractivity contribution in [2.24, 2.45) is 0 Å². The number of carbonyl (C=O) groups is 1. The number of ether oxygens (including phenoxy) is 2. The predicted octanol–water partition coefficient (Wildman–Crippen LogP) is 1.79. The molecule has 11 heteroatoms. The third-order valence-corrected chi connectivity index (χ3v) is 7.89. The molecular formula is C23H27F2N3O5S. The van der Waals surface area contributed by atoms with E-state index in [2.05, 4.69) is 10.2 Å². The highest BCUT2D eigenvalue weighted by Crippen LogP contribution is 2.24. The molecule has 1 atom stereocenters. The van der Waals surface area contributed by atoms with Gasteiger partial charge in [0, 0.05) is 38.3 Å². The van der Waals surface area contributed by atoms with Crippen LogP contribution in [0.5, 0.6) is 0 Å². The van der Waals surface area contributed by atoms with Gasteiger partial charge in [-0.15, -0.1) is 0 Å². The molecule has 8 nitrogen and oxygen atoms in total. The van der Waals surface area contributed by atoms with E-state index >= 15 is 0 Å². The number of nitrogens with one attached hydrogen (secondary N) is 1. The van der Waals surface area contributed by atoms with Crippen LogP contribution in [0.3, 0.4) is 0 Å². The molecule has 0 radical (unpaired) electrons. The van der Waals surface area contributed by atoms with Crippen LogP contribution in [0.2, 0.25) is 0 Å². The van der Waals surface area contributed by atoms with E-state index in [-0.39, 0.29) is 50.3 Å². The van der Waals surface area contributed by atoms with Crippen molar-refractivity contribution in [2.45, 2.75) is 10.9 Å². The van der Waals surface area contributed by atoms with Crippen molar-refractivity contribution in [3.05, 3.63) is 65.2 Å². The maximum absolute atomic E-state index is 14.5. The Labute approximate surface area is 197 Å². The standard InChI is InChI=1S/C23H27F2N3O5S/c24-19-4-1-17(2-5-19)21(27-7-11-32-12-8-27)16-26-23(29)18-3-6-20(25)22(15-18)34(30,31)28-9-13-33-14-10-28/h1-6,15,21H,7-14,16H2,(H,26,29). The molecule has 0 aliphatic carbocycles. The monoisotopic (exact) mass is 495 g/mol. The van der Waals surface area contributed by atoms with Gasteiger partial charge < -0.3 is 14.8 Å². The summed E-state index contributed by atoms with van der Waals surface area (Å²) in [5, 5.41) is 2.82. The molecule has 1 N–H and O–H groups in total. The van der Waals surface area contributed by atoms with Gasteiger partial charge in [0.2, 0.25) is 10.0 Å². The molecule has 2 aromatic rings. The molecule has 0 aromatic heterocycles. The van der Waals surface area contributed by atoms with E-state index in [0.29, 0.717) is 26.3 Å². The van der Waals surface area contributed by atoms with Crippen LogP contribution in [-0.4, -0.2) is 82.7 Å². The van der Waals surface area contributed by atoms with Crippen LogP contribution in [0.1, 0.15) is 22.0 Å². The van der Waals surface area contributed by atoms with Crippen LogP contribution in [0.15, 0.2) is 47.4 Å². The minimum atomic E-state index is -4.10. The third kappa shape index (κ3) is 5.61. The molecule has 4 rings (SSSR count). The van der Waals surface area contributed by atoms with Crippen LogP contribution in [0, 0.1) is 11.6 Å². The van der Waals surface area contributed by atoms with Crippen molar-refractivity contribution in [2.75, 3.05) is 59.2 Å². The largest absolute Gasteiger partial charge is 0.379 e. The van der Waals surface area contributed by atoms with Crippen LogP contribution < -0.4 is 5.32 Å². The Morgan fingerprint density at radius 3 is 2.21 bits per heavy atom. The summed E-state index contributed by atoms with van der Waals surface area (Å²) in [6.45, 7) is 3.30. The number of halogens is 2. The third-order valence-electron chi connectivity index (χ3n) is 5.98. The van der Waals surface area contributed by atoms with Gasteiger partial charge in [0.1, 0.15) is 16.5 Å². The number of carbonyl (C=O) groups excluding carboxylic acids is 1. The molecule has 2 fully saturated rings. The molecule has 0 bridgehead atoms. The lowest BCUT2D eigenvalue weighted by molar-refractivity contribution is 0.0162. The average Bonchev–Trinajstić information content (AvgIpc) is 2.86. The quantitative estimate of drug-likeness (QED) is 0.630. The second-order valence-electron chi connectivity index (χ2n) is 8.09. The normalized spacial score (nSPS) is 19.0. The summed E-state index contributed by atoms with van der Waals surface area (Å²) >= 11 is 0. The molecule has 34 heavy (non-hydrogen) atoms. The lowest BCUT2D eigenvalue weighted by Crippen LogP contribution is -2.44. The zero-order chi connectivity index (χ0) is 24.1. The molecule has 2 aliphatic rings. The number of hydrogen-bond acceptors (Lipinski definition) is 6. The fourth-order valence-electron chi connectivity index (χ4n) is 4.09. The van der Waals surface area contributed by atoms with Gasteiger partial charge in [-0.1, -0.05) is 12.1 Å². The lowest BCUT2D eigenvalue weighted by Gasteiger charge is -2.35. The summed E-state index contributed by atoms with van der Waals surface area (Å²) in [7, 11) is -4.10. The summed E-state index contributed by atoms with van der Waals surface area (Å²) in [5.41, 5.74) is 0.867. The number of nitrogens with zero attached hydrogens (tertiary/aromatic N) is 2. The van der Waals surface area contributed by atoms with E-state index in [4.69, 9.17) is 9.47 Å². The number of morpholine rings is 2. The van der Waals surface area contributed by atoms with E-state index in [1.54, 1.807) is 12.1 Å². The minimum Gasteiger partial charge on any atom is -0.379 e. The van der Waals surface area contributed by atoms with Crippen LogP contribution in [0.25, 0.3) is 0 Å². The Morgan fingerprint density at radius 2 is 1.56 bits per heavy atom. The highest BCUT2D eigenvalue weighted by Gasteiger charge is 2.30. The first-order valence-electron chi connectivity index (χ1n) is 11.1. The molecule has 2 saturated heterocycles. The second-order valence-corrected chi connectivity index (χ2v) is 9.99. The van der Waals surface area contributed by atoms with Crippen molar-refractivity contribution in [3.8, 4) is 0 Å². The Bertz CT molecular complexity index is 1100. The van der Waals surface area contributed by atoms with Gasteiger partial charge >= 0.3 is 0 Å². The van der Waals surface area contributed by atoms with Gasteiger partial charge in [-0.3, -0.25) is 9.69 Å². The first-order chi connectivity index (χ1) is 16.4. The Balaban J connectivity index is 1.51. The lowest BCUT2D eigenvalue weighted by atomic mass is 10.0. The summed E-state index contributed by atoms with van der Waals surface area (Å²) in [5.74, 6) is -1.80. The van der Waals surface area contributed by atoms with Crippen LogP contribution in [-0.2, 0) is 19.5 Å². The number of amides is 1. The fourth-order valence-corrected chi connectivity index (χ4v) is 5.59. The molecule has 1 amide bonds. The van der Waals surface area contributed by atoms with Crippen molar-refractivity contribution in [1.29, 1.82) is 0 Å². The molecular weight excluding hydrogens is 468 g/mol. The van der Waals surface area contributed by atoms with Gasteiger partial charge in [0.05, 0.1) is 32.5 Å². The maximum atomic E-state index is 14.5. The number of rotatable bonds is 7. The average molecular weight is 496 g/mol. The van der Waals surface area contributed by atoms with E-state index in [1.165, 1.54) is 18.2 Å². The van der Waals surface area contributed by atoms with Gasteiger partial charge in [-0.25, -0.2) is 17.2 Å². The zero-order valence-electron chi connectivity index (χ0n) is 18.6. The zero-order valence-corrected chi connectivity index (χ0v) is 19.4. The summed E-state index contributed by atoms with van der Waals surface area (Å²) in [4.78, 5) is 14.5. The van der Waals surface area contributed by atoms with E-state index in [9.17, 15) is 22.0 Å². The van der Waals surface area contributed by atoms with Gasteiger partial charge in [-0.2, -0.15) is 4.31 Å². The second kappa shape index (κ2) is 10.9. The fraction of sp³-hybridized carbons (Fsp3) is 0.435. The number of sulfonamides is 1. The highest BCUT2D eigenvalue weighted by atomic mass is 32.2. The predicted molar refractivity (Wildman–Crippen MR) is 120 cm³/mol. The van der Waals surface area contributed by atoms with Crippen LogP contribution in [0.4, 0.5) is 8.78 Å². The first-order valence-corrected chi connectivity index (χ1v) is 12.5. The van der Waals surface area contributed by atoms with Crippen molar-refractivity contribution in [3.63, 3.8) is 0 Å². The molecule has 2 aliphatic heterocycles. The Hall–Kier alpha value is -2.44. The van der Waals surface area contributed by atoms with Crippen molar-refractivity contribution < 1.29 is 31.5 Å². The van der Waals surface area contributed by atoms with Gasteiger partial charge in [-0.05, 0) is 35.9 Å². The summed E-state index contributed by atoms with van der Waals surface area (Å²) < 4.78 is 65.5. The van der Waals surface area contributed by atoms with E-state index < -0.39 is 26.6 Å². The number of benzene rings is 2. The summed E-state index contributed by atoms with van der Waals surface area (Å²) in [6.07, 6.45) is 0. The highest BCUT2D eigenvalue weighted by molar-refractivity contribution is 7.89. The van der Waals surface area contributed by atoms with Crippen LogP contribution >= 0.6 is 0 Å². The van der Waals surface area contributed by atoms with E-state index in [1.807, 2.05) is 0 Å². The SMILES string of the molecule is O=C(NCC(c1ccc(F)cc1)N1CCOCC1)c1ccc(F)c(S(=O)(=O)N2CCOCC2)c1. The Morgan fingerprint density at radius 1 is 0.941 bits per heavy atom. The molecule has 1 unspecified atom stereocenters. The van der Waals surface area contributed by atoms with Crippen molar-refractivity contribution in [1.82, 2.24) is 14.5 Å². The smallest absolute Gasteiger partial charge is 0.251 e. The molecule has 0 spiro atoms.